The van der Waals surface area contributed by atoms with Crippen LogP contribution in [0.15, 0.2) is 65.8 Å². The number of nitrogens with one attached hydrogen (secondary N) is 3. The van der Waals surface area contributed by atoms with Gasteiger partial charge in [0.05, 0.1) is 32.0 Å². The van der Waals surface area contributed by atoms with E-state index in [4.69, 9.17) is 23.7 Å². The van der Waals surface area contributed by atoms with Crippen molar-refractivity contribution in [1.29, 1.82) is 0 Å². The highest BCUT2D eigenvalue weighted by atomic mass is 16.7. The molecule has 1 aliphatic heterocycles. The lowest BCUT2D eigenvalue weighted by Crippen LogP contribution is -2.34. The smallest absolute Gasteiger partial charge is 0.338 e. The molecule has 1 aliphatic rings. The minimum absolute atomic E-state index is 0.0941. The molecule has 0 fully saturated rings. The standard InChI is InChI=1S/C29H28N4O9/c1-3-39-29(37)19-5-8-21(9-6-19)32-27(35)16-40-22-10-4-18(12-24(22)38-2)14-31-33-26(34)15-30-28(36)20-7-11-23-25(13-20)42-17-41-23/h4-14H,3,15-17H2,1-2H3,(H,30,36)(H,32,35)(H,33,34)/b31-14+. The SMILES string of the molecule is CCOC(=O)c1ccc(NC(=O)COc2ccc(/C=N/NC(=O)CNC(=O)c3ccc4c(c3)OCO4)cc2OC)cc1. The summed E-state index contributed by atoms with van der Waals surface area (Å²) in [6.45, 7) is 1.50. The summed E-state index contributed by atoms with van der Waals surface area (Å²) in [6, 6.07) is 15.9. The molecule has 3 aromatic rings. The van der Waals surface area contributed by atoms with Gasteiger partial charge in [0, 0.05) is 11.3 Å². The minimum Gasteiger partial charge on any atom is -0.493 e. The molecule has 3 aromatic carbocycles. The second-order valence-corrected chi connectivity index (χ2v) is 8.59. The van der Waals surface area contributed by atoms with Crippen molar-refractivity contribution < 1.29 is 42.9 Å². The number of fused-ring (bicyclic) bond motifs is 1. The van der Waals surface area contributed by atoms with Crippen LogP contribution >= 0.6 is 0 Å². The van der Waals surface area contributed by atoms with E-state index in [2.05, 4.69) is 21.2 Å². The molecule has 218 valence electrons. The molecule has 0 saturated carbocycles. The van der Waals surface area contributed by atoms with E-state index in [-0.39, 0.29) is 26.6 Å². The topological polar surface area (TPSA) is 163 Å². The average Bonchev–Trinajstić information content (AvgIpc) is 3.48. The number of rotatable bonds is 12. The maximum absolute atomic E-state index is 12.3. The van der Waals surface area contributed by atoms with Crippen LogP contribution in [0.2, 0.25) is 0 Å². The number of hydrazone groups is 1. The third-order valence-corrected chi connectivity index (χ3v) is 5.67. The number of amides is 3. The summed E-state index contributed by atoms with van der Waals surface area (Å²) in [5, 5.41) is 9.08. The van der Waals surface area contributed by atoms with E-state index in [1.54, 1.807) is 61.5 Å². The lowest BCUT2D eigenvalue weighted by molar-refractivity contribution is -0.120. The van der Waals surface area contributed by atoms with Gasteiger partial charge in [-0.25, -0.2) is 10.2 Å². The fourth-order valence-corrected chi connectivity index (χ4v) is 3.65. The predicted octanol–water partition coefficient (Wildman–Crippen LogP) is 2.50. The summed E-state index contributed by atoms with van der Waals surface area (Å²) in [5.41, 5.74) is 4.10. The van der Waals surface area contributed by atoms with Gasteiger partial charge in [0.25, 0.3) is 17.7 Å². The van der Waals surface area contributed by atoms with E-state index >= 15 is 0 Å². The molecule has 42 heavy (non-hydrogen) atoms. The summed E-state index contributed by atoms with van der Waals surface area (Å²) in [5.74, 6) is -0.167. The Morgan fingerprint density at radius 3 is 2.43 bits per heavy atom. The van der Waals surface area contributed by atoms with Crippen LogP contribution in [0.3, 0.4) is 0 Å². The number of nitrogens with zero attached hydrogens (tertiary/aromatic N) is 1. The van der Waals surface area contributed by atoms with Crippen LogP contribution in [-0.2, 0) is 14.3 Å². The van der Waals surface area contributed by atoms with Crippen LogP contribution in [0.25, 0.3) is 0 Å². The number of benzene rings is 3. The minimum atomic E-state index is -0.534. The van der Waals surface area contributed by atoms with E-state index < -0.39 is 23.7 Å². The summed E-state index contributed by atoms with van der Waals surface area (Å²) >= 11 is 0. The number of anilines is 1. The second kappa shape index (κ2) is 14.2. The molecule has 0 atom stereocenters. The third kappa shape index (κ3) is 7.97. The maximum atomic E-state index is 12.3. The van der Waals surface area contributed by atoms with Crippen molar-refractivity contribution in [3.05, 3.63) is 77.4 Å². The number of esters is 1. The highest BCUT2D eigenvalue weighted by Crippen LogP contribution is 2.32. The van der Waals surface area contributed by atoms with Crippen LogP contribution in [0.1, 0.15) is 33.2 Å². The van der Waals surface area contributed by atoms with Crippen molar-refractivity contribution >= 4 is 35.6 Å². The predicted molar refractivity (Wildman–Crippen MR) is 150 cm³/mol. The normalized spacial score (nSPS) is 11.5. The van der Waals surface area contributed by atoms with Crippen LogP contribution in [0.5, 0.6) is 23.0 Å². The quantitative estimate of drug-likeness (QED) is 0.167. The van der Waals surface area contributed by atoms with Gasteiger partial charge in [-0.05, 0) is 73.2 Å². The zero-order valence-corrected chi connectivity index (χ0v) is 22.8. The van der Waals surface area contributed by atoms with Gasteiger partial charge in [-0.2, -0.15) is 5.10 Å². The van der Waals surface area contributed by atoms with E-state index in [9.17, 15) is 19.2 Å². The van der Waals surface area contributed by atoms with E-state index in [0.29, 0.717) is 45.4 Å². The fraction of sp³-hybridized carbons (Fsp3) is 0.207. The van der Waals surface area contributed by atoms with Gasteiger partial charge >= 0.3 is 5.97 Å². The molecule has 13 heteroatoms. The van der Waals surface area contributed by atoms with Crippen molar-refractivity contribution in [1.82, 2.24) is 10.7 Å². The summed E-state index contributed by atoms with van der Waals surface area (Å²) in [4.78, 5) is 48.5. The first-order valence-corrected chi connectivity index (χ1v) is 12.7. The molecular formula is C29H28N4O9. The van der Waals surface area contributed by atoms with Crippen LogP contribution in [-0.4, -0.2) is 63.6 Å². The van der Waals surface area contributed by atoms with Gasteiger partial charge in [-0.3, -0.25) is 14.4 Å². The van der Waals surface area contributed by atoms with Gasteiger partial charge in [0.2, 0.25) is 6.79 Å². The molecule has 0 spiro atoms. The molecule has 3 N–H and O–H groups in total. The van der Waals surface area contributed by atoms with Crippen molar-refractivity contribution in [2.45, 2.75) is 6.92 Å². The highest BCUT2D eigenvalue weighted by Gasteiger charge is 2.16. The molecular weight excluding hydrogens is 548 g/mol. The van der Waals surface area contributed by atoms with Crippen molar-refractivity contribution in [3.63, 3.8) is 0 Å². The molecule has 0 aromatic heterocycles. The monoisotopic (exact) mass is 576 g/mol. The van der Waals surface area contributed by atoms with E-state index in [1.807, 2.05) is 0 Å². The zero-order chi connectivity index (χ0) is 29.9. The number of ether oxygens (including phenoxy) is 5. The highest BCUT2D eigenvalue weighted by molar-refractivity contribution is 5.97. The van der Waals surface area contributed by atoms with Crippen LogP contribution in [0, 0.1) is 0 Å². The average molecular weight is 577 g/mol. The molecule has 0 unspecified atom stereocenters. The van der Waals surface area contributed by atoms with Gasteiger partial charge in [-0.15, -0.1) is 0 Å². The molecule has 13 nitrogen and oxygen atoms in total. The maximum Gasteiger partial charge on any atom is 0.338 e. The number of hydrogen-bond acceptors (Lipinski definition) is 10. The van der Waals surface area contributed by atoms with Crippen molar-refractivity contribution in [3.8, 4) is 23.0 Å². The molecule has 3 amide bonds. The van der Waals surface area contributed by atoms with E-state index in [1.165, 1.54) is 19.4 Å². The first kappa shape index (κ1) is 29.4. The Morgan fingerprint density at radius 1 is 0.905 bits per heavy atom. The molecule has 1 heterocycles. The largest absolute Gasteiger partial charge is 0.493 e. The number of carbonyl (C=O) groups excluding carboxylic acids is 4. The number of carbonyl (C=O) groups is 4. The van der Waals surface area contributed by atoms with Gasteiger partial charge in [-0.1, -0.05) is 0 Å². The first-order chi connectivity index (χ1) is 20.4. The van der Waals surface area contributed by atoms with E-state index in [0.717, 1.165) is 0 Å². The second-order valence-electron chi connectivity index (χ2n) is 8.59. The number of methoxy groups -OCH3 is 1. The molecule has 0 bridgehead atoms. The van der Waals surface area contributed by atoms with Crippen LogP contribution < -0.4 is 35.0 Å². The summed E-state index contributed by atoms with van der Waals surface area (Å²) < 4.78 is 26.3. The molecule has 4 rings (SSSR count). The molecule has 0 saturated heterocycles. The summed E-state index contributed by atoms with van der Waals surface area (Å²) in [6.07, 6.45) is 1.39. The Morgan fingerprint density at radius 2 is 1.67 bits per heavy atom. The van der Waals surface area contributed by atoms with Crippen molar-refractivity contribution in [2.75, 3.05) is 39.0 Å². The number of hydrogen-bond donors (Lipinski definition) is 3. The Hall–Kier alpha value is -5.59. The zero-order valence-electron chi connectivity index (χ0n) is 22.8. The Bertz CT molecular complexity index is 1490. The van der Waals surface area contributed by atoms with Gasteiger partial charge in [0.15, 0.2) is 29.6 Å². The lowest BCUT2D eigenvalue weighted by Gasteiger charge is -2.11. The van der Waals surface area contributed by atoms with Gasteiger partial charge < -0.3 is 34.3 Å². The van der Waals surface area contributed by atoms with Gasteiger partial charge in [0.1, 0.15) is 0 Å². The Labute approximate surface area is 240 Å². The van der Waals surface area contributed by atoms with Crippen LogP contribution in [0.4, 0.5) is 5.69 Å². The third-order valence-electron chi connectivity index (χ3n) is 5.67. The Kier molecular flexibility index (Phi) is 9.91. The lowest BCUT2D eigenvalue weighted by atomic mass is 10.2. The summed E-state index contributed by atoms with van der Waals surface area (Å²) in [7, 11) is 1.44. The van der Waals surface area contributed by atoms with Crippen molar-refractivity contribution in [2.24, 2.45) is 5.10 Å². The first-order valence-electron chi connectivity index (χ1n) is 12.7. The molecule has 0 radical (unpaired) electrons. The Balaban J connectivity index is 1.22. The fourth-order valence-electron chi connectivity index (χ4n) is 3.65. The molecule has 0 aliphatic carbocycles.